The summed E-state index contributed by atoms with van der Waals surface area (Å²) in [6.45, 7) is 5.20. The van der Waals surface area contributed by atoms with Crippen LogP contribution >= 0.6 is 7.82 Å². The van der Waals surface area contributed by atoms with Gasteiger partial charge in [-0.25, -0.2) is 18.1 Å². The lowest BCUT2D eigenvalue weighted by molar-refractivity contribution is -0.387. The molecule has 3 saturated heterocycles. The van der Waals surface area contributed by atoms with Crippen LogP contribution in [0, 0.1) is 5.92 Å². The van der Waals surface area contributed by atoms with Crippen LogP contribution in [0.5, 0.6) is 0 Å². The van der Waals surface area contributed by atoms with E-state index in [0.717, 1.165) is 0 Å². The smallest absolute Gasteiger partial charge is 0.339 e. The fourth-order valence-corrected chi connectivity index (χ4v) is 2.40. The highest BCUT2D eigenvalue weighted by Crippen LogP contribution is 2.72. The van der Waals surface area contributed by atoms with Crippen LogP contribution in [0.2, 0.25) is 0 Å². The number of phosphoric acid groups is 1. The van der Waals surface area contributed by atoms with E-state index < -0.39 is 25.8 Å². The molecule has 0 aromatic heterocycles. The van der Waals surface area contributed by atoms with E-state index in [9.17, 15) is 9.67 Å². The summed E-state index contributed by atoms with van der Waals surface area (Å²) < 4.78 is 30.3. The van der Waals surface area contributed by atoms with Crippen molar-refractivity contribution in [1.82, 2.24) is 0 Å². The first kappa shape index (κ1) is 11.5. The molecule has 0 aromatic rings. The molecule has 0 aromatic carbocycles. The monoisotopic (exact) mass is 239 g/mol. The minimum absolute atomic E-state index is 0.0798. The molecule has 88 valence electrons. The van der Waals surface area contributed by atoms with Crippen molar-refractivity contribution in [2.24, 2.45) is 11.7 Å². The zero-order valence-corrected chi connectivity index (χ0v) is 9.56. The highest BCUT2D eigenvalue weighted by atomic mass is 31.2. The molecule has 3 N–H and O–H groups in total. The van der Waals surface area contributed by atoms with Crippen LogP contribution in [0.15, 0.2) is 0 Å². The molecule has 0 saturated carbocycles. The standard InChI is InChI=1S/C7H14NO6P/c1-4(2)6(3,8)13-7(9)5-11-15(10,12-5)14-7/h4-5,9H,8H2,1-3H3. The van der Waals surface area contributed by atoms with E-state index in [0.29, 0.717) is 0 Å². The summed E-state index contributed by atoms with van der Waals surface area (Å²) in [5.41, 5.74) is 4.65. The Kier molecular flexibility index (Phi) is 2.31. The van der Waals surface area contributed by atoms with E-state index in [-0.39, 0.29) is 5.92 Å². The fraction of sp³-hybridized carbons (Fsp3) is 1.00. The fourth-order valence-electron chi connectivity index (χ4n) is 1.12. The third-order valence-electron chi connectivity index (χ3n) is 2.50. The summed E-state index contributed by atoms with van der Waals surface area (Å²) >= 11 is 0. The number of fused-ring (bicyclic) bond motifs is 1. The summed E-state index contributed by atoms with van der Waals surface area (Å²) in [5, 5.41) is 9.80. The Morgan fingerprint density at radius 2 is 2.13 bits per heavy atom. The average Bonchev–Trinajstić information content (AvgIpc) is 2.32. The molecule has 0 spiro atoms. The van der Waals surface area contributed by atoms with Gasteiger partial charge in [-0.3, -0.25) is 0 Å². The summed E-state index contributed by atoms with van der Waals surface area (Å²) in [7, 11) is -3.57. The van der Waals surface area contributed by atoms with Gasteiger partial charge in [0.15, 0.2) is 0 Å². The van der Waals surface area contributed by atoms with E-state index in [2.05, 4.69) is 13.6 Å². The molecule has 3 fully saturated rings. The third-order valence-corrected chi connectivity index (χ3v) is 3.89. The third kappa shape index (κ3) is 1.74. The van der Waals surface area contributed by atoms with Crippen molar-refractivity contribution in [2.75, 3.05) is 0 Å². The van der Waals surface area contributed by atoms with Gasteiger partial charge in [-0.2, -0.15) is 0 Å². The van der Waals surface area contributed by atoms with Gasteiger partial charge in [0.2, 0.25) is 0 Å². The number of hydrogen-bond acceptors (Lipinski definition) is 7. The van der Waals surface area contributed by atoms with Gasteiger partial charge >= 0.3 is 13.8 Å². The van der Waals surface area contributed by atoms with Crippen molar-refractivity contribution in [3.63, 3.8) is 0 Å². The highest BCUT2D eigenvalue weighted by Gasteiger charge is 2.71. The molecule has 0 amide bonds. The van der Waals surface area contributed by atoms with Gasteiger partial charge in [-0.05, 0) is 12.8 Å². The molecular formula is C7H14NO6P. The lowest BCUT2D eigenvalue weighted by Crippen LogP contribution is -2.55. The van der Waals surface area contributed by atoms with Gasteiger partial charge in [0.05, 0.1) is 0 Å². The van der Waals surface area contributed by atoms with E-state index in [1.165, 1.54) is 0 Å². The minimum atomic E-state index is -3.57. The van der Waals surface area contributed by atoms with E-state index in [1.54, 1.807) is 6.92 Å². The zero-order valence-electron chi connectivity index (χ0n) is 8.67. The van der Waals surface area contributed by atoms with Crippen LogP contribution in [0.25, 0.3) is 0 Å². The second-order valence-corrected chi connectivity index (χ2v) is 5.65. The summed E-state index contributed by atoms with van der Waals surface area (Å²) in [6.07, 6.45) is -1.19. The van der Waals surface area contributed by atoms with Gasteiger partial charge in [0.1, 0.15) is 5.72 Å². The number of aliphatic hydroxyl groups is 1. The maximum absolute atomic E-state index is 11.2. The molecule has 3 aliphatic heterocycles. The van der Waals surface area contributed by atoms with Gasteiger partial charge in [0, 0.05) is 0 Å². The lowest BCUT2D eigenvalue weighted by atomic mass is 10.0. The second kappa shape index (κ2) is 3.01. The number of phosphoric ester groups is 1. The highest BCUT2D eigenvalue weighted by molar-refractivity contribution is 7.50. The van der Waals surface area contributed by atoms with Gasteiger partial charge in [-0.1, -0.05) is 13.8 Å². The summed E-state index contributed by atoms with van der Waals surface area (Å²) in [6, 6.07) is 0. The van der Waals surface area contributed by atoms with Gasteiger partial charge < -0.3 is 15.6 Å². The number of nitrogens with two attached hydrogens (primary N) is 1. The van der Waals surface area contributed by atoms with Crippen LogP contribution in [0.3, 0.4) is 0 Å². The molecule has 3 rings (SSSR count). The van der Waals surface area contributed by atoms with Crippen LogP contribution in [-0.2, 0) is 22.9 Å². The number of ether oxygens (including phenoxy) is 1. The molecule has 2 atom stereocenters. The normalized spacial score (nSPS) is 47.7. The van der Waals surface area contributed by atoms with E-state index >= 15 is 0 Å². The van der Waals surface area contributed by atoms with Crippen molar-refractivity contribution < 1.29 is 28.0 Å². The Morgan fingerprint density at radius 1 is 1.60 bits per heavy atom. The predicted molar refractivity (Wildman–Crippen MR) is 48.1 cm³/mol. The Labute approximate surface area is 87.1 Å². The quantitative estimate of drug-likeness (QED) is 0.546. The summed E-state index contributed by atoms with van der Waals surface area (Å²) in [4.78, 5) is 0. The molecule has 0 radical (unpaired) electrons. The minimum Gasteiger partial charge on any atom is -0.339 e. The van der Waals surface area contributed by atoms with Crippen LogP contribution in [-0.4, -0.2) is 23.1 Å². The van der Waals surface area contributed by atoms with Crippen molar-refractivity contribution in [3.8, 4) is 0 Å². The van der Waals surface area contributed by atoms with Gasteiger partial charge in [0.25, 0.3) is 6.29 Å². The van der Waals surface area contributed by atoms with Crippen molar-refractivity contribution >= 4 is 7.82 Å². The van der Waals surface area contributed by atoms with Crippen LogP contribution < -0.4 is 5.73 Å². The lowest BCUT2D eigenvalue weighted by Gasteiger charge is -2.35. The van der Waals surface area contributed by atoms with Gasteiger partial charge in [-0.15, -0.1) is 0 Å². The maximum atomic E-state index is 11.2. The topological polar surface area (TPSA) is 100 Å². The SMILES string of the molecule is CC(C)C(C)(N)OC1(O)OP2(=O)OC1O2. The van der Waals surface area contributed by atoms with Crippen molar-refractivity contribution in [1.29, 1.82) is 0 Å². The number of rotatable bonds is 3. The Bertz CT molecular complexity index is 321. The Balaban J connectivity index is 2.10. The molecule has 2 unspecified atom stereocenters. The Morgan fingerprint density at radius 3 is 2.47 bits per heavy atom. The van der Waals surface area contributed by atoms with E-state index in [4.69, 9.17) is 10.5 Å². The second-order valence-electron chi connectivity index (χ2n) is 4.15. The van der Waals surface area contributed by atoms with Crippen molar-refractivity contribution in [3.05, 3.63) is 0 Å². The molecular weight excluding hydrogens is 225 g/mol. The molecule has 0 aliphatic carbocycles. The zero-order chi connectivity index (χ0) is 11.5. The number of hydrogen-bond donors (Lipinski definition) is 2. The van der Waals surface area contributed by atoms with Crippen LogP contribution in [0.1, 0.15) is 20.8 Å². The molecule has 3 heterocycles. The molecule has 7 nitrogen and oxygen atoms in total. The Hall–Kier alpha value is -0.0100. The average molecular weight is 239 g/mol. The molecule has 8 heteroatoms. The first-order valence-corrected chi connectivity index (χ1v) is 6.02. The first-order chi connectivity index (χ1) is 6.67. The molecule has 15 heavy (non-hydrogen) atoms. The van der Waals surface area contributed by atoms with Crippen LogP contribution in [0.4, 0.5) is 0 Å². The molecule has 2 bridgehead atoms. The van der Waals surface area contributed by atoms with E-state index in [1.807, 2.05) is 13.8 Å². The maximum Gasteiger partial charge on any atom is 0.484 e. The van der Waals surface area contributed by atoms with Crippen molar-refractivity contribution in [2.45, 2.75) is 38.8 Å². The first-order valence-electron chi connectivity index (χ1n) is 4.56. The molecule has 3 aliphatic rings. The largest absolute Gasteiger partial charge is 0.484 e. The predicted octanol–water partition coefficient (Wildman–Crippen LogP) is 0.491. The summed E-state index contributed by atoms with van der Waals surface area (Å²) in [5.74, 6) is -2.26.